The third-order valence-electron chi connectivity index (χ3n) is 5.41. The maximum absolute atomic E-state index is 12.8. The predicted molar refractivity (Wildman–Crippen MR) is 110 cm³/mol. The SMILES string of the molecule is CS(=O)(=O)CNCc1nccn1-c1ccc(N2C[C@@]3(C(N)=O)[CH]CCN3C2=O)cc1. The number of carbonyl (C=O) groups is 2. The molecule has 3 N–H and O–H groups in total. The first-order valence-corrected chi connectivity index (χ1v) is 11.5. The van der Waals surface area contributed by atoms with E-state index >= 15 is 0 Å². The van der Waals surface area contributed by atoms with Crippen LogP contribution in [0.1, 0.15) is 12.2 Å². The number of fused-ring (bicyclic) bond motifs is 1. The van der Waals surface area contributed by atoms with Crippen molar-refractivity contribution in [3.63, 3.8) is 0 Å². The molecule has 2 aromatic rings. The molecule has 4 rings (SSSR count). The number of aromatic nitrogens is 2. The van der Waals surface area contributed by atoms with Gasteiger partial charge in [-0.15, -0.1) is 0 Å². The molecule has 3 amide bonds. The molecule has 0 unspecified atom stereocenters. The minimum atomic E-state index is -3.12. The highest BCUT2D eigenvalue weighted by atomic mass is 32.2. The number of nitrogens with one attached hydrogen (secondary N) is 1. The average molecular weight is 431 g/mol. The van der Waals surface area contributed by atoms with Crippen LogP contribution in [0.4, 0.5) is 10.5 Å². The average Bonchev–Trinajstić information content (AvgIpc) is 3.37. The van der Waals surface area contributed by atoms with E-state index in [0.29, 0.717) is 31.0 Å². The Hall–Kier alpha value is -2.92. The first-order chi connectivity index (χ1) is 14.2. The molecule has 1 radical (unpaired) electrons. The lowest BCUT2D eigenvalue weighted by molar-refractivity contribution is -0.124. The van der Waals surface area contributed by atoms with Crippen molar-refractivity contribution >= 4 is 27.5 Å². The van der Waals surface area contributed by atoms with Crippen LogP contribution in [-0.2, 0) is 21.2 Å². The third kappa shape index (κ3) is 3.54. The zero-order valence-electron chi connectivity index (χ0n) is 16.5. The van der Waals surface area contributed by atoms with Gasteiger partial charge in [-0.1, -0.05) is 0 Å². The minimum Gasteiger partial charge on any atom is -0.368 e. The molecular formula is C19H23N6O4S. The molecule has 0 saturated carbocycles. The number of nitrogens with zero attached hydrogens (tertiary/aromatic N) is 4. The molecule has 2 aliphatic rings. The molecule has 11 heteroatoms. The van der Waals surface area contributed by atoms with Crippen LogP contribution in [-0.4, -0.2) is 65.6 Å². The molecule has 10 nitrogen and oxygen atoms in total. The topological polar surface area (TPSA) is 131 Å². The van der Waals surface area contributed by atoms with Gasteiger partial charge < -0.3 is 15.2 Å². The molecule has 2 aliphatic heterocycles. The Kier molecular flexibility index (Phi) is 5.02. The van der Waals surface area contributed by atoms with Crippen molar-refractivity contribution in [3.8, 4) is 5.69 Å². The molecule has 0 bridgehead atoms. The Morgan fingerprint density at radius 3 is 2.60 bits per heavy atom. The molecule has 3 heterocycles. The maximum Gasteiger partial charge on any atom is 0.325 e. The smallest absolute Gasteiger partial charge is 0.325 e. The summed E-state index contributed by atoms with van der Waals surface area (Å²) in [6.07, 6.45) is 7.05. The van der Waals surface area contributed by atoms with Crippen LogP contribution in [0.5, 0.6) is 0 Å². The van der Waals surface area contributed by atoms with Gasteiger partial charge in [-0.2, -0.15) is 0 Å². The number of benzene rings is 1. The van der Waals surface area contributed by atoms with Gasteiger partial charge in [0.25, 0.3) is 0 Å². The maximum atomic E-state index is 12.8. The van der Waals surface area contributed by atoms with Crippen LogP contribution in [0, 0.1) is 6.42 Å². The fraction of sp³-hybridized carbons (Fsp3) is 0.368. The number of rotatable bonds is 7. The van der Waals surface area contributed by atoms with Crippen molar-refractivity contribution in [3.05, 3.63) is 48.9 Å². The second-order valence-corrected chi connectivity index (χ2v) is 9.67. The standard InChI is InChI=1S/C19H23N6O4S/c1-30(28,29)13-21-11-16-22-8-10-23(16)14-3-5-15(6-4-14)24-12-19(17(20)26)7-2-9-25(19)18(24)27/h3-8,10,21H,2,9,11-13H2,1H3,(H2,20,26)/t19-/m1/s1. The lowest BCUT2D eigenvalue weighted by Gasteiger charge is -2.25. The number of anilines is 1. The summed E-state index contributed by atoms with van der Waals surface area (Å²) in [5.74, 6) is 0.00838. The van der Waals surface area contributed by atoms with E-state index in [2.05, 4.69) is 10.3 Å². The summed E-state index contributed by atoms with van der Waals surface area (Å²) in [6.45, 7) is 0.972. The van der Waals surface area contributed by atoms with Gasteiger partial charge in [-0.3, -0.25) is 15.0 Å². The summed E-state index contributed by atoms with van der Waals surface area (Å²) >= 11 is 0. The fourth-order valence-electron chi connectivity index (χ4n) is 3.97. The van der Waals surface area contributed by atoms with Gasteiger partial charge >= 0.3 is 6.03 Å². The number of hydrogen-bond acceptors (Lipinski definition) is 6. The second kappa shape index (κ2) is 7.40. The van der Waals surface area contributed by atoms with Crippen molar-refractivity contribution < 1.29 is 18.0 Å². The first-order valence-electron chi connectivity index (χ1n) is 9.46. The molecule has 1 aromatic carbocycles. The van der Waals surface area contributed by atoms with Crippen molar-refractivity contribution in [1.82, 2.24) is 19.8 Å². The summed E-state index contributed by atoms with van der Waals surface area (Å²) in [5, 5.41) is 2.86. The Balaban J connectivity index is 1.52. The van der Waals surface area contributed by atoms with Crippen LogP contribution in [0.15, 0.2) is 36.7 Å². The highest BCUT2D eigenvalue weighted by molar-refractivity contribution is 7.90. The number of amides is 3. The normalized spacial score (nSPS) is 21.3. The van der Waals surface area contributed by atoms with E-state index in [-0.39, 0.29) is 18.5 Å². The van der Waals surface area contributed by atoms with Gasteiger partial charge in [0.05, 0.1) is 19.0 Å². The van der Waals surface area contributed by atoms with Crippen molar-refractivity contribution in [2.45, 2.75) is 18.5 Å². The highest BCUT2D eigenvalue weighted by Gasteiger charge is 2.56. The zero-order valence-corrected chi connectivity index (χ0v) is 17.3. The van der Waals surface area contributed by atoms with Crippen LogP contribution in [0.3, 0.4) is 0 Å². The molecule has 0 spiro atoms. The number of imidazole rings is 1. The van der Waals surface area contributed by atoms with Crippen LogP contribution in [0.25, 0.3) is 5.69 Å². The van der Waals surface area contributed by atoms with Crippen LogP contribution >= 0.6 is 0 Å². The Labute approximate surface area is 174 Å². The zero-order chi connectivity index (χ0) is 21.5. The van der Waals surface area contributed by atoms with Gasteiger partial charge in [0.1, 0.15) is 11.4 Å². The van der Waals surface area contributed by atoms with E-state index in [9.17, 15) is 18.0 Å². The predicted octanol–water partition coefficient (Wildman–Crippen LogP) is 0.0381. The minimum absolute atomic E-state index is 0.134. The molecular weight excluding hydrogens is 408 g/mol. The van der Waals surface area contributed by atoms with Crippen molar-refractivity contribution in [1.29, 1.82) is 0 Å². The summed E-state index contributed by atoms with van der Waals surface area (Å²) in [5.41, 5.74) is 6.05. The van der Waals surface area contributed by atoms with Crippen LogP contribution in [0.2, 0.25) is 0 Å². The molecule has 2 saturated heterocycles. The number of urea groups is 1. The highest BCUT2D eigenvalue weighted by Crippen LogP contribution is 2.38. The molecule has 30 heavy (non-hydrogen) atoms. The fourth-order valence-corrected chi connectivity index (χ4v) is 4.44. The number of nitrogens with two attached hydrogens (primary N) is 1. The molecule has 1 atom stereocenters. The number of carbonyl (C=O) groups excluding carboxylic acids is 2. The largest absolute Gasteiger partial charge is 0.368 e. The van der Waals surface area contributed by atoms with E-state index < -0.39 is 21.3 Å². The van der Waals surface area contributed by atoms with Crippen molar-refractivity contribution in [2.75, 3.05) is 30.1 Å². The molecule has 2 fully saturated rings. The summed E-state index contributed by atoms with van der Waals surface area (Å²) < 4.78 is 24.4. The van der Waals surface area contributed by atoms with E-state index in [1.54, 1.807) is 29.4 Å². The number of primary amides is 1. The summed E-state index contributed by atoms with van der Waals surface area (Å²) in [7, 11) is -3.12. The Bertz CT molecular complexity index is 1080. The molecule has 159 valence electrons. The summed E-state index contributed by atoms with van der Waals surface area (Å²) in [6, 6.07) is 7.06. The van der Waals surface area contributed by atoms with Crippen molar-refractivity contribution in [2.24, 2.45) is 5.73 Å². The van der Waals surface area contributed by atoms with E-state index in [1.165, 1.54) is 4.90 Å². The third-order valence-corrected chi connectivity index (χ3v) is 6.14. The number of sulfone groups is 1. The Morgan fingerprint density at radius 2 is 1.97 bits per heavy atom. The van der Waals surface area contributed by atoms with Gasteiger partial charge in [-0.05, 0) is 30.7 Å². The molecule has 1 aromatic heterocycles. The number of hydrogen-bond donors (Lipinski definition) is 2. The second-order valence-electron chi connectivity index (χ2n) is 7.53. The van der Waals surface area contributed by atoms with Gasteiger partial charge in [0, 0.05) is 43.0 Å². The summed E-state index contributed by atoms with van der Waals surface area (Å²) in [4.78, 5) is 32.2. The van der Waals surface area contributed by atoms with Crippen LogP contribution < -0.4 is 16.0 Å². The monoisotopic (exact) mass is 431 g/mol. The van der Waals surface area contributed by atoms with E-state index in [1.807, 2.05) is 23.1 Å². The van der Waals surface area contributed by atoms with E-state index in [4.69, 9.17) is 5.73 Å². The quantitative estimate of drug-likeness (QED) is 0.636. The lowest BCUT2D eigenvalue weighted by atomic mass is 9.96. The Morgan fingerprint density at radius 1 is 1.27 bits per heavy atom. The lowest BCUT2D eigenvalue weighted by Crippen LogP contribution is -2.53. The van der Waals surface area contributed by atoms with E-state index in [0.717, 1.165) is 11.9 Å². The van der Waals surface area contributed by atoms with Gasteiger partial charge in [0.15, 0.2) is 9.84 Å². The van der Waals surface area contributed by atoms with Gasteiger partial charge in [0.2, 0.25) is 5.91 Å². The first kappa shape index (κ1) is 20.4. The molecule has 0 aliphatic carbocycles. The van der Waals surface area contributed by atoms with Gasteiger partial charge in [-0.25, -0.2) is 18.2 Å².